The Kier molecular flexibility index (Phi) is 7.06. The number of fused-ring (bicyclic) bond motifs is 1. The van der Waals surface area contributed by atoms with Gasteiger partial charge in [0.1, 0.15) is 12.1 Å². The first-order valence-electron chi connectivity index (χ1n) is 11.3. The summed E-state index contributed by atoms with van der Waals surface area (Å²) in [7, 11) is 0. The van der Waals surface area contributed by atoms with Gasteiger partial charge in [0.05, 0.1) is 5.88 Å². The smallest absolute Gasteiger partial charge is 0.254 e. The number of nitrogens with one attached hydrogen (secondary N) is 1. The van der Waals surface area contributed by atoms with Gasteiger partial charge in [-0.15, -0.1) is 11.8 Å². The number of rotatable bonds is 7. The van der Waals surface area contributed by atoms with Gasteiger partial charge in [-0.3, -0.25) is 9.59 Å². The third-order valence-corrected chi connectivity index (χ3v) is 7.73. The van der Waals surface area contributed by atoms with Gasteiger partial charge in [-0.1, -0.05) is 30.3 Å². The van der Waals surface area contributed by atoms with E-state index in [0.717, 1.165) is 16.7 Å². The number of aliphatic hydroxyl groups is 1. The van der Waals surface area contributed by atoms with Crippen LogP contribution in [0.25, 0.3) is 0 Å². The molecular formula is C25H31N3O5S. The monoisotopic (exact) mass is 485 g/mol. The van der Waals surface area contributed by atoms with Gasteiger partial charge in [0.25, 0.3) is 5.91 Å². The summed E-state index contributed by atoms with van der Waals surface area (Å²) in [5.74, 6) is 0.797. The fraction of sp³-hybridized carbons (Fsp3) is 0.440. The molecule has 2 heterocycles. The topological polar surface area (TPSA) is 114 Å². The maximum Gasteiger partial charge on any atom is 0.254 e. The minimum absolute atomic E-state index is 0.168. The van der Waals surface area contributed by atoms with Gasteiger partial charge >= 0.3 is 0 Å². The molecule has 2 aromatic rings. The van der Waals surface area contributed by atoms with E-state index < -0.39 is 28.8 Å². The Morgan fingerprint density at radius 1 is 1.24 bits per heavy atom. The Balaban J connectivity index is 1.42. The first-order valence-corrected chi connectivity index (χ1v) is 12.2. The second-order valence-corrected chi connectivity index (χ2v) is 10.8. The standard InChI is InChI=1S/C25H31N3O5S/c1-15-6-4-5-7-17(15)12-27-23(30)22-25(2,3)34-13-28(22)24(31)21(29)18(26)10-16-8-9-19-20(11-16)33-14-32-19/h4-9,11,18,21-22,29H,10,12-14,26H2,1-3H3,(H,27,30)/t18-,21-,22+/m0/s1. The Morgan fingerprint density at radius 2 is 1.97 bits per heavy atom. The molecule has 2 aliphatic heterocycles. The molecule has 4 rings (SSSR count). The number of nitrogens with two attached hydrogens (primary N) is 1. The first-order chi connectivity index (χ1) is 16.2. The predicted octanol–water partition coefficient (Wildman–Crippen LogP) is 1.95. The molecule has 3 atom stereocenters. The minimum atomic E-state index is -1.44. The quantitative estimate of drug-likeness (QED) is 0.549. The first kappa shape index (κ1) is 24.4. The number of aliphatic hydroxyl groups excluding tert-OH is 1. The highest BCUT2D eigenvalue weighted by atomic mass is 32.2. The van der Waals surface area contributed by atoms with Crippen molar-refractivity contribution in [2.24, 2.45) is 5.73 Å². The molecule has 0 radical (unpaired) electrons. The minimum Gasteiger partial charge on any atom is -0.454 e. The van der Waals surface area contributed by atoms with Crippen LogP contribution >= 0.6 is 11.8 Å². The number of carbonyl (C=O) groups is 2. The number of carbonyl (C=O) groups excluding carboxylic acids is 2. The highest BCUT2D eigenvalue weighted by Gasteiger charge is 2.49. The van der Waals surface area contributed by atoms with Crippen molar-refractivity contribution < 1.29 is 24.2 Å². The number of nitrogens with zero attached hydrogens (tertiary/aromatic N) is 1. The normalized spacial score (nSPS) is 20.1. The third kappa shape index (κ3) is 5.01. The molecule has 182 valence electrons. The number of ether oxygens (including phenoxy) is 2. The lowest BCUT2D eigenvalue weighted by atomic mass is 9.97. The van der Waals surface area contributed by atoms with Gasteiger partial charge in [-0.25, -0.2) is 0 Å². The summed E-state index contributed by atoms with van der Waals surface area (Å²) in [6, 6.07) is 11.7. The van der Waals surface area contributed by atoms with E-state index in [0.29, 0.717) is 23.9 Å². The summed E-state index contributed by atoms with van der Waals surface area (Å²) in [6.07, 6.45) is -1.16. The Hall–Kier alpha value is -2.75. The number of benzene rings is 2. The van der Waals surface area contributed by atoms with Crippen molar-refractivity contribution in [2.75, 3.05) is 12.7 Å². The van der Waals surface area contributed by atoms with Crippen LogP contribution in [0.4, 0.5) is 0 Å². The fourth-order valence-corrected chi connectivity index (χ4v) is 5.45. The van der Waals surface area contributed by atoms with Crippen LogP contribution < -0.4 is 20.5 Å². The molecule has 4 N–H and O–H groups in total. The Morgan fingerprint density at radius 3 is 2.74 bits per heavy atom. The van der Waals surface area contributed by atoms with E-state index >= 15 is 0 Å². The second-order valence-electron chi connectivity index (χ2n) is 9.23. The average Bonchev–Trinajstić information content (AvgIpc) is 3.40. The average molecular weight is 486 g/mol. The van der Waals surface area contributed by atoms with Crippen LogP contribution in [-0.4, -0.2) is 57.4 Å². The molecule has 0 saturated carbocycles. The van der Waals surface area contributed by atoms with Crippen LogP contribution in [0.5, 0.6) is 11.5 Å². The number of aryl methyl sites for hydroxylation is 1. The molecule has 8 nitrogen and oxygen atoms in total. The van der Waals surface area contributed by atoms with E-state index in [4.69, 9.17) is 15.2 Å². The van der Waals surface area contributed by atoms with Crippen molar-refractivity contribution in [2.45, 2.75) is 56.7 Å². The lowest BCUT2D eigenvalue weighted by Crippen LogP contribution is -2.57. The summed E-state index contributed by atoms with van der Waals surface area (Å²) in [5.41, 5.74) is 9.15. The van der Waals surface area contributed by atoms with Crippen molar-refractivity contribution in [1.82, 2.24) is 10.2 Å². The van der Waals surface area contributed by atoms with E-state index in [1.807, 2.05) is 51.1 Å². The van der Waals surface area contributed by atoms with Crippen molar-refractivity contribution in [3.05, 3.63) is 59.2 Å². The van der Waals surface area contributed by atoms with Gasteiger partial charge < -0.3 is 30.5 Å². The molecule has 0 aromatic heterocycles. The SMILES string of the molecule is Cc1ccccc1CNC(=O)[C@H]1N(C(=O)[C@@H](O)[C@@H](N)Cc2ccc3c(c2)OCO3)CSC1(C)C. The molecule has 0 bridgehead atoms. The molecule has 2 aromatic carbocycles. The van der Waals surface area contributed by atoms with Crippen LogP contribution in [0.15, 0.2) is 42.5 Å². The molecule has 0 unspecified atom stereocenters. The summed E-state index contributed by atoms with van der Waals surface area (Å²) < 4.78 is 10.2. The second kappa shape index (κ2) is 9.85. The zero-order valence-corrected chi connectivity index (χ0v) is 20.4. The number of hydrogen-bond acceptors (Lipinski definition) is 7. The van der Waals surface area contributed by atoms with Gasteiger partial charge in [0, 0.05) is 17.3 Å². The molecule has 9 heteroatoms. The highest BCUT2D eigenvalue weighted by Crippen LogP contribution is 2.40. The van der Waals surface area contributed by atoms with Gasteiger partial charge in [-0.2, -0.15) is 0 Å². The van der Waals surface area contributed by atoms with E-state index in [9.17, 15) is 14.7 Å². The van der Waals surface area contributed by atoms with Crippen molar-refractivity contribution in [3.63, 3.8) is 0 Å². The number of thioether (sulfide) groups is 1. The fourth-order valence-electron chi connectivity index (χ4n) is 4.30. The van der Waals surface area contributed by atoms with Gasteiger partial charge in [0.15, 0.2) is 11.5 Å². The third-order valence-electron chi connectivity index (χ3n) is 6.36. The van der Waals surface area contributed by atoms with Crippen LogP contribution in [0.2, 0.25) is 0 Å². The van der Waals surface area contributed by atoms with Crippen molar-refractivity contribution in [3.8, 4) is 11.5 Å². The van der Waals surface area contributed by atoms with Crippen LogP contribution in [0, 0.1) is 6.92 Å². The van der Waals surface area contributed by atoms with Crippen LogP contribution in [0.3, 0.4) is 0 Å². The summed E-state index contributed by atoms with van der Waals surface area (Å²) in [4.78, 5) is 27.9. The molecule has 1 fully saturated rings. The summed E-state index contributed by atoms with van der Waals surface area (Å²) >= 11 is 1.51. The maximum atomic E-state index is 13.3. The lowest BCUT2D eigenvalue weighted by Gasteiger charge is -2.32. The Bertz CT molecular complexity index is 1080. The van der Waals surface area contributed by atoms with Crippen molar-refractivity contribution >= 4 is 23.6 Å². The molecule has 1 saturated heterocycles. The molecule has 0 spiro atoms. The Labute approximate surface area is 203 Å². The molecule has 2 aliphatic rings. The maximum absolute atomic E-state index is 13.3. The zero-order valence-electron chi connectivity index (χ0n) is 19.6. The molecule has 2 amide bonds. The zero-order chi connectivity index (χ0) is 24.5. The lowest BCUT2D eigenvalue weighted by molar-refractivity contribution is -0.147. The number of amides is 2. The molecule has 0 aliphatic carbocycles. The van der Waals surface area contributed by atoms with Crippen LogP contribution in [-0.2, 0) is 22.6 Å². The largest absolute Gasteiger partial charge is 0.454 e. The van der Waals surface area contributed by atoms with E-state index in [1.54, 1.807) is 12.1 Å². The van der Waals surface area contributed by atoms with Crippen LogP contribution in [0.1, 0.15) is 30.5 Å². The number of hydrogen-bond donors (Lipinski definition) is 3. The molecular weight excluding hydrogens is 454 g/mol. The molecule has 34 heavy (non-hydrogen) atoms. The summed E-state index contributed by atoms with van der Waals surface area (Å²) in [6.45, 7) is 6.40. The highest BCUT2D eigenvalue weighted by molar-refractivity contribution is 8.00. The van der Waals surface area contributed by atoms with E-state index in [2.05, 4.69) is 5.32 Å². The van der Waals surface area contributed by atoms with Gasteiger partial charge in [-0.05, 0) is 56.0 Å². The summed E-state index contributed by atoms with van der Waals surface area (Å²) in [5, 5.41) is 13.8. The van der Waals surface area contributed by atoms with E-state index in [1.165, 1.54) is 16.7 Å². The predicted molar refractivity (Wildman–Crippen MR) is 130 cm³/mol. The van der Waals surface area contributed by atoms with E-state index in [-0.39, 0.29) is 19.1 Å². The van der Waals surface area contributed by atoms with Gasteiger partial charge in [0.2, 0.25) is 12.7 Å². The van der Waals surface area contributed by atoms with Crippen molar-refractivity contribution in [1.29, 1.82) is 0 Å².